The highest BCUT2D eigenvalue weighted by Gasteiger charge is 2.07. The Hall–Kier alpha value is -2.60. The van der Waals surface area contributed by atoms with Crippen LogP contribution in [0.2, 0.25) is 0 Å². The van der Waals surface area contributed by atoms with E-state index in [0.29, 0.717) is 18.6 Å². The van der Waals surface area contributed by atoms with Crippen LogP contribution in [0.4, 0.5) is 0 Å². The van der Waals surface area contributed by atoms with Crippen molar-refractivity contribution in [3.8, 4) is 6.07 Å². The first-order valence-electron chi connectivity index (χ1n) is 6.96. The van der Waals surface area contributed by atoms with Crippen molar-refractivity contribution in [2.45, 2.75) is 19.3 Å². The molecule has 2 rings (SSSR count). The first-order chi connectivity index (χ1) is 10.3. The molecule has 0 radical (unpaired) electrons. The summed E-state index contributed by atoms with van der Waals surface area (Å²) >= 11 is 0. The quantitative estimate of drug-likeness (QED) is 0.600. The van der Waals surface area contributed by atoms with Crippen LogP contribution in [0.15, 0.2) is 54.6 Å². The molecule has 2 aromatic rings. The van der Waals surface area contributed by atoms with Crippen molar-refractivity contribution >= 4 is 5.97 Å². The highest BCUT2D eigenvalue weighted by atomic mass is 16.5. The second kappa shape index (κ2) is 7.86. The number of ether oxygens (including phenoxy) is 1. The minimum atomic E-state index is -0.331. The molecule has 3 heteroatoms. The number of hydrogen-bond acceptors (Lipinski definition) is 3. The summed E-state index contributed by atoms with van der Waals surface area (Å²) in [4.78, 5) is 11.9. The van der Waals surface area contributed by atoms with E-state index in [1.165, 1.54) is 5.56 Å². The number of rotatable bonds is 6. The number of aryl methyl sites for hydroxylation is 1. The Kier molecular flexibility index (Phi) is 5.54. The second-order valence-electron chi connectivity index (χ2n) is 4.76. The standard InChI is InChI=1S/C18H17NO2/c19-12-11-16-8-4-10-17(14-16)18(20)21-13-5-9-15-6-2-1-3-7-15/h1-4,6-8,10,14H,5,9,11,13H2. The average molecular weight is 279 g/mol. The van der Waals surface area contributed by atoms with Gasteiger partial charge in [-0.1, -0.05) is 42.5 Å². The molecule has 3 nitrogen and oxygen atoms in total. The summed E-state index contributed by atoms with van der Waals surface area (Å²) in [5.41, 5.74) is 2.57. The molecule has 0 N–H and O–H groups in total. The predicted octanol–water partition coefficient (Wildman–Crippen LogP) is 3.54. The van der Waals surface area contributed by atoms with Gasteiger partial charge in [-0.25, -0.2) is 4.79 Å². The highest BCUT2D eigenvalue weighted by molar-refractivity contribution is 5.89. The summed E-state index contributed by atoms with van der Waals surface area (Å²) in [5, 5.41) is 8.66. The van der Waals surface area contributed by atoms with E-state index in [0.717, 1.165) is 18.4 Å². The molecule has 0 unspecified atom stereocenters. The Labute approximate surface area is 124 Å². The van der Waals surface area contributed by atoms with E-state index in [4.69, 9.17) is 10.00 Å². The van der Waals surface area contributed by atoms with E-state index >= 15 is 0 Å². The lowest BCUT2D eigenvalue weighted by atomic mass is 10.1. The third kappa shape index (κ3) is 4.77. The van der Waals surface area contributed by atoms with Crippen LogP contribution < -0.4 is 0 Å². The van der Waals surface area contributed by atoms with Gasteiger partial charge in [-0.05, 0) is 36.1 Å². The molecule has 0 saturated heterocycles. The van der Waals surface area contributed by atoms with Crippen molar-refractivity contribution < 1.29 is 9.53 Å². The summed E-state index contributed by atoms with van der Waals surface area (Å²) in [6.07, 6.45) is 1.99. The number of nitriles is 1. The molecule has 0 spiro atoms. The molecule has 0 amide bonds. The van der Waals surface area contributed by atoms with Crippen LogP contribution in [0.3, 0.4) is 0 Å². The Morgan fingerprint density at radius 2 is 1.81 bits per heavy atom. The average Bonchev–Trinajstić information content (AvgIpc) is 2.53. The van der Waals surface area contributed by atoms with Crippen molar-refractivity contribution in [2.24, 2.45) is 0 Å². The molecular weight excluding hydrogens is 262 g/mol. The highest BCUT2D eigenvalue weighted by Crippen LogP contribution is 2.08. The van der Waals surface area contributed by atoms with Crippen LogP contribution in [0, 0.1) is 11.3 Å². The SMILES string of the molecule is N#CCc1cccc(C(=O)OCCCc2ccccc2)c1. The van der Waals surface area contributed by atoms with Gasteiger partial charge in [0.2, 0.25) is 0 Å². The lowest BCUT2D eigenvalue weighted by Crippen LogP contribution is -2.07. The molecule has 21 heavy (non-hydrogen) atoms. The second-order valence-corrected chi connectivity index (χ2v) is 4.76. The molecule has 0 aliphatic carbocycles. The van der Waals surface area contributed by atoms with Gasteiger partial charge in [-0.15, -0.1) is 0 Å². The maximum Gasteiger partial charge on any atom is 0.338 e. The minimum absolute atomic E-state index is 0.301. The van der Waals surface area contributed by atoms with Crippen LogP contribution in [0.5, 0.6) is 0 Å². The van der Waals surface area contributed by atoms with Gasteiger partial charge < -0.3 is 4.74 Å². The zero-order valence-corrected chi connectivity index (χ0v) is 11.8. The number of benzene rings is 2. The van der Waals surface area contributed by atoms with E-state index in [9.17, 15) is 4.79 Å². The first-order valence-corrected chi connectivity index (χ1v) is 6.96. The van der Waals surface area contributed by atoms with Crippen LogP contribution >= 0.6 is 0 Å². The predicted molar refractivity (Wildman–Crippen MR) is 80.8 cm³/mol. The number of esters is 1. The van der Waals surface area contributed by atoms with E-state index < -0.39 is 0 Å². The summed E-state index contributed by atoms with van der Waals surface area (Å²) in [6, 6.07) is 19.2. The monoisotopic (exact) mass is 279 g/mol. The molecule has 0 atom stereocenters. The molecule has 0 bridgehead atoms. The van der Waals surface area contributed by atoms with Gasteiger partial charge in [0.1, 0.15) is 0 Å². The van der Waals surface area contributed by atoms with Crippen molar-refractivity contribution in [3.63, 3.8) is 0 Å². The minimum Gasteiger partial charge on any atom is -0.462 e. The molecule has 0 heterocycles. The van der Waals surface area contributed by atoms with Crippen molar-refractivity contribution in [1.29, 1.82) is 5.26 Å². The summed E-state index contributed by atoms with van der Waals surface area (Å²) in [5.74, 6) is -0.331. The number of carbonyl (C=O) groups is 1. The lowest BCUT2D eigenvalue weighted by Gasteiger charge is -2.06. The summed E-state index contributed by atoms with van der Waals surface area (Å²) in [7, 11) is 0. The maximum atomic E-state index is 11.9. The Morgan fingerprint density at radius 1 is 1.05 bits per heavy atom. The normalized spacial score (nSPS) is 9.86. The molecule has 0 aliphatic heterocycles. The number of nitrogens with zero attached hydrogens (tertiary/aromatic N) is 1. The van der Waals surface area contributed by atoms with E-state index in [-0.39, 0.29) is 5.97 Å². The fourth-order valence-corrected chi connectivity index (χ4v) is 2.07. The van der Waals surface area contributed by atoms with Crippen LogP contribution in [-0.2, 0) is 17.6 Å². The van der Waals surface area contributed by atoms with Gasteiger partial charge in [0.15, 0.2) is 0 Å². The number of carbonyl (C=O) groups excluding carboxylic acids is 1. The number of hydrogen-bond donors (Lipinski definition) is 0. The Balaban J connectivity index is 1.79. The third-order valence-electron chi connectivity index (χ3n) is 3.13. The zero-order valence-electron chi connectivity index (χ0n) is 11.8. The van der Waals surface area contributed by atoms with Crippen LogP contribution in [0.1, 0.15) is 27.9 Å². The van der Waals surface area contributed by atoms with Gasteiger partial charge in [-0.3, -0.25) is 0 Å². The fourth-order valence-electron chi connectivity index (χ4n) is 2.07. The molecule has 2 aromatic carbocycles. The van der Waals surface area contributed by atoms with Crippen LogP contribution in [0.25, 0.3) is 0 Å². The fraction of sp³-hybridized carbons (Fsp3) is 0.222. The lowest BCUT2D eigenvalue weighted by molar-refractivity contribution is 0.0500. The first kappa shape index (κ1) is 14.8. The third-order valence-corrected chi connectivity index (χ3v) is 3.13. The van der Waals surface area contributed by atoms with Crippen molar-refractivity contribution in [2.75, 3.05) is 6.61 Å². The summed E-state index contributed by atoms with van der Waals surface area (Å²) in [6.45, 7) is 0.399. The molecule has 0 fully saturated rings. The van der Waals surface area contributed by atoms with E-state index in [1.807, 2.05) is 24.3 Å². The zero-order chi connectivity index (χ0) is 14.9. The van der Waals surface area contributed by atoms with Crippen molar-refractivity contribution in [3.05, 3.63) is 71.3 Å². The van der Waals surface area contributed by atoms with Crippen molar-refractivity contribution in [1.82, 2.24) is 0 Å². The molecule has 0 saturated carbocycles. The maximum absolute atomic E-state index is 11.9. The Morgan fingerprint density at radius 3 is 2.57 bits per heavy atom. The van der Waals surface area contributed by atoms with Gasteiger partial charge >= 0.3 is 5.97 Å². The molecular formula is C18H17NO2. The smallest absolute Gasteiger partial charge is 0.338 e. The largest absolute Gasteiger partial charge is 0.462 e. The summed E-state index contributed by atoms with van der Waals surface area (Å²) < 4.78 is 5.26. The van der Waals surface area contributed by atoms with E-state index in [2.05, 4.69) is 18.2 Å². The van der Waals surface area contributed by atoms with Gasteiger partial charge in [0.25, 0.3) is 0 Å². The molecule has 106 valence electrons. The topological polar surface area (TPSA) is 50.1 Å². The molecule has 0 aliphatic rings. The van der Waals surface area contributed by atoms with Gasteiger partial charge in [0, 0.05) is 0 Å². The van der Waals surface area contributed by atoms with Crippen LogP contribution in [-0.4, -0.2) is 12.6 Å². The van der Waals surface area contributed by atoms with Gasteiger partial charge in [-0.2, -0.15) is 5.26 Å². The Bertz CT molecular complexity index is 629. The molecule has 0 aromatic heterocycles. The van der Waals surface area contributed by atoms with E-state index in [1.54, 1.807) is 18.2 Å². The van der Waals surface area contributed by atoms with Gasteiger partial charge in [0.05, 0.1) is 24.7 Å².